The average Bonchev–Trinajstić information content (AvgIpc) is 0. The van der Waals surface area contributed by atoms with Gasteiger partial charge < -0.3 is 54.0 Å². The molecule has 0 aromatic carbocycles. The van der Waals surface area contributed by atoms with Crippen molar-refractivity contribution >= 4 is 54.0 Å². The van der Waals surface area contributed by atoms with Gasteiger partial charge in [-0.15, -0.1) is 0 Å². The van der Waals surface area contributed by atoms with Crippen LogP contribution in [0, 0.1) is 0 Å². The van der Waals surface area contributed by atoms with Crippen molar-refractivity contribution in [3.05, 3.63) is 0 Å². The second-order valence-electron chi connectivity index (χ2n) is 0. The van der Waals surface area contributed by atoms with Gasteiger partial charge >= 0.3 is 21.1 Å². The second kappa shape index (κ2) is 56.5. The molecule has 48 valence electrons. The van der Waals surface area contributed by atoms with E-state index >= 15 is 0 Å². The van der Waals surface area contributed by atoms with Gasteiger partial charge in [-0.25, -0.2) is 0 Å². The molecule has 0 aliphatic heterocycles. The predicted molar refractivity (Wildman–Crippen MR) is 35.0 cm³/mol. The summed E-state index contributed by atoms with van der Waals surface area (Å²) in [5.41, 5.74) is 0. The fourth-order valence-corrected chi connectivity index (χ4v) is 0. The third kappa shape index (κ3) is 43.9. The Labute approximate surface area is 115 Å². The van der Waals surface area contributed by atoms with Crippen molar-refractivity contribution in [2.45, 2.75) is 0 Å². The van der Waals surface area contributed by atoms with Gasteiger partial charge in [0.05, 0.1) is 0 Å². The minimum Gasteiger partial charge on any atom is -0.813 e. The number of hydrogen-bond donors (Lipinski definition) is 0. The monoisotopic (exact) mass is 684 g/mol. The van der Waals surface area contributed by atoms with Crippen molar-refractivity contribution in [2.24, 2.45) is 0 Å². The van der Waals surface area contributed by atoms with Crippen molar-refractivity contribution in [3.8, 4) is 0 Å². The van der Waals surface area contributed by atoms with E-state index in [1.54, 1.807) is 0 Å². The van der Waals surface area contributed by atoms with Crippen LogP contribution in [0.2, 0.25) is 0 Å². The number of hydrogen-bond acceptors (Lipinski definition) is 4. The van der Waals surface area contributed by atoms with Crippen LogP contribution in [0.4, 0.5) is 0 Å². The molecule has 0 radical (unpaired) electrons. The summed E-state index contributed by atoms with van der Waals surface area (Å²) >= 11 is 0. The molecule has 0 fully saturated rings. The molecule has 0 bridgehead atoms. The molecule has 0 aromatic heterocycles. The molecule has 0 saturated carbocycles. The molecule has 0 aliphatic rings. The van der Waals surface area contributed by atoms with Crippen LogP contribution in [0.25, 0.3) is 0 Å². The first-order chi connectivity index (χ1) is 0. The summed E-state index contributed by atoms with van der Waals surface area (Å²) in [6, 6.07) is 0. The maximum Gasteiger partial charge on any atom is 2.00 e. The minimum absolute atomic E-state index is 0. The number of thiol groups is 4. The Morgan fingerprint density at radius 1 is 0.429 bits per heavy atom. The molecule has 0 heterocycles. The van der Waals surface area contributed by atoms with Crippen molar-refractivity contribution in [1.29, 1.82) is 0 Å². The Morgan fingerprint density at radius 2 is 0.429 bits per heavy atom. The van der Waals surface area contributed by atoms with E-state index in [1.807, 2.05) is 0 Å². The van der Waals surface area contributed by atoms with E-state index in [-0.39, 0.29) is 117 Å². The van der Waals surface area contributed by atoms with Gasteiger partial charge in [0.1, 0.15) is 0 Å². The molecule has 0 unspecified atom stereocenters. The van der Waals surface area contributed by atoms with Gasteiger partial charge in [0.15, 0.2) is 0 Å². The predicted octanol–water partition coefficient (Wildman–Crippen LogP) is -1.09. The SMILES string of the molecule is [SH-].[SH-].[SH-].[SH-].[W+2].[W].[W]. The summed E-state index contributed by atoms with van der Waals surface area (Å²) < 4.78 is 0. The van der Waals surface area contributed by atoms with Gasteiger partial charge in [-0.05, 0) is 0 Å². The molecule has 0 aliphatic carbocycles. The Bertz CT molecular complexity index is 6.90. The molecule has 0 N–H and O–H groups in total. The topological polar surface area (TPSA) is 0 Å². The van der Waals surface area contributed by atoms with E-state index in [0.29, 0.717) is 0 Å². The first-order valence-electron chi connectivity index (χ1n) is 0. The maximum atomic E-state index is 0. The maximum absolute atomic E-state index is 0. The summed E-state index contributed by atoms with van der Waals surface area (Å²) in [7, 11) is 0. The molecular weight excluding hydrogens is 680 g/mol. The van der Waals surface area contributed by atoms with E-state index < -0.39 is 0 Å². The normalized spacial score (nSPS) is 0. The van der Waals surface area contributed by atoms with Crippen LogP contribution < -0.4 is 0 Å². The molecule has 0 rings (SSSR count). The fraction of sp³-hybridized carbons (Fsp3) is 0. The first kappa shape index (κ1) is 78.1. The molecule has 0 nitrogen and oxygen atoms in total. The van der Waals surface area contributed by atoms with Gasteiger partial charge in [0.2, 0.25) is 0 Å². The van der Waals surface area contributed by atoms with Gasteiger partial charge in [0, 0.05) is 42.1 Å². The Kier molecular flexibility index (Phi) is 630. The fourth-order valence-electron chi connectivity index (χ4n) is 0. The van der Waals surface area contributed by atoms with E-state index in [1.165, 1.54) is 0 Å². The van der Waals surface area contributed by atoms with Crippen LogP contribution in [0.1, 0.15) is 0 Å². The summed E-state index contributed by atoms with van der Waals surface area (Å²) in [6.07, 6.45) is 0. The molecule has 0 spiro atoms. The molecule has 0 amide bonds. The summed E-state index contributed by atoms with van der Waals surface area (Å²) in [5.74, 6) is 0. The molecule has 7 heteroatoms. The zero-order valence-corrected chi connectivity index (χ0v) is 15.4. The first-order valence-corrected chi connectivity index (χ1v) is 0. The summed E-state index contributed by atoms with van der Waals surface area (Å²) in [5, 5.41) is 0. The minimum atomic E-state index is 0. The van der Waals surface area contributed by atoms with Crippen molar-refractivity contribution in [2.75, 3.05) is 0 Å². The summed E-state index contributed by atoms with van der Waals surface area (Å²) in [4.78, 5) is 0. The van der Waals surface area contributed by atoms with E-state index in [9.17, 15) is 0 Å². The Hall–Kier alpha value is 3.46. The molecular formula is H4S4W3-2. The molecule has 0 aromatic rings. The van der Waals surface area contributed by atoms with Gasteiger partial charge in [-0.2, -0.15) is 0 Å². The van der Waals surface area contributed by atoms with Crippen LogP contribution in [0.5, 0.6) is 0 Å². The van der Waals surface area contributed by atoms with Crippen LogP contribution in [0.3, 0.4) is 0 Å². The molecule has 7 heavy (non-hydrogen) atoms. The third-order valence-electron chi connectivity index (χ3n) is 0. The van der Waals surface area contributed by atoms with E-state index in [4.69, 9.17) is 0 Å². The van der Waals surface area contributed by atoms with Crippen LogP contribution in [-0.4, -0.2) is 0 Å². The molecule has 0 atom stereocenters. The Balaban J connectivity index is 0. The van der Waals surface area contributed by atoms with Crippen LogP contribution in [0.15, 0.2) is 0 Å². The molecule has 0 saturated heterocycles. The zero-order chi connectivity index (χ0) is 0. The van der Waals surface area contributed by atoms with Gasteiger partial charge in [0.25, 0.3) is 0 Å². The van der Waals surface area contributed by atoms with Crippen LogP contribution >= 0.6 is 0 Å². The average molecular weight is 684 g/mol. The van der Waals surface area contributed by atoms with Crippen molar-refractivity contribution in [1.82, 2.24) is 0 Å². The zero-order valence-electron chi connectivity index (χ0n) is 3.01. The van der Waals surface area contributed by atoms with Crippen molar-refractivity contribution in [3.63, 3.8) is 0 Å². The Morgan fingerprint density at radius 3 is 0.429 bits per heavy atom. The largest absolute Gasteiger partial charge is 2.00 e. The summed E-state index contributed by atoms with van der Waals surface area (Å²) in [6.45, 7) is 0. The standard InChI is InChI=1S/4H2S.3W/h4*1H2;;;/q;;;;;;+2/p-4. The smallest absolute Gasteiger partial charge is 0.813 e. The number of rotatable bonds is 0. The van der Waals surface area contributed by atoms with Crippen molar-refractivity contribution < 1.29 is 63.2 Å². The van der Waals surface area contributed by atoms with Gasteiger partial charge in [-0.3, -0.25) is 0 Å². The van der Waals surface area contributed by atoms with E-state index in [0.717, 1.165) is 0 Å². The second-order valence-corrected chi connectivity index (χ2v) is 0. The van der Waals surface area contributed by atoms with Crippen LogP contribution in [-0.2, 0) is 117 Å². The van der Waals surface area contributed by atoms with E-state index in [2.05, 4.69) is 0 Å². The van der Waals surface area contributed by atoms with Gasteiger partial charge in [-0.1, -0.05) is 0 Å². The third-order valence-corrected chi connectivity index (χ3v) is 0. The quantitative estimate of drug-likeness (QED) is 0.235.